The number of carbonyl (C=O) groups is 1. The largest absolute Gasteiger partial charge is 0.338 e. The molecule has 138 valence electrons. The number of sulfonamides is 1. The van der Waals surface area contributed by atoms with Gasteiger partial charge in [-0.3, -0.25) is 9.52 Å². The molecule has 0 spiro atoms. The van der Waals surface area contributed by atoms with Crippen molar-refractivity contribution in [3.8, 4) is 0 Å². The summed E-state index contributed by atoms with van der Waals surface area (Å²) < 4.78 is 27.5. The Kier molecular flexibility index (Phi) is 5.46. The van der Waals surface area contributed by atoms with E-state index in [2.05, 4.69) is 11.6 Å². The van der Waals surface area contributed by atoms with Crippen molar-refractivity contribution in [1.29, 1.82) is 0 Å². The Hall–Kier alpha value is -1.76. The Morgan fingerprint density at radius 2 is 1.85 bits per heavy atom. The average Bonchev–Trinajstić information content (AvgIpc) is 3.03. The average molecular weight is 413 g/mol. The van der Waals surface area contributed by atoms with Crippen LogP contribution in [0, 0.1) is 5.92 Å². The first-order valence-corrected chi connectivity index (χ1v) is 10.4. The van der Waals surface area contributed by atoms with E-state index in [0.29, 0.717) is 17.2 Å². The van der Waals surface area contributed by atoms with Gasteiger partial charge in [-0.2, -0.15) is 0 Å². The predicted octanol–water partition coefficient (Wildman–Crippen LogP) is 4.28. The van der Waals surface area contributed by atoms with Gasteiger partial charge in [-0.15, -0.1) is 0 Å². The highest BCUT2D eigenvalue weighted by Crippen LogP contribution is 2.27. The molecule has 0 aromatic heterocycles. The second kappa shape index (κ2) is 7.47. The fourth-order valence-electron chi connectivity index (χ4n) is 2.88. The van der Waals surface area contributed by atoms with Crippen molar-refractivity contribution in [2.24, 2.45) is 5.92 Å². The molecule has 1 unspecified atom stereocenters. The van der Waals surface area contributed by atoms with Gasteiger partial charge in [0.1, 0.15) is 4.90 Å². The van der Waals surface area contributed by atoms with Gasteiger partial charge in [-0.05, 0) is 54.8 Å². The van der Waals surface area contributed by atoms with E-state index in [4.69, 9.17) is 23.2 Å². The lowest BCUT2D eigenvalue weighted by Crippen LogP contribution is -2.28. The third-order valence-electron chi connectivity index (χ3n) is 4.28. The zero-order chi connectivity index (χ0) is 18.9. The molecular formula is C18H18Cl2N2O3S. The molecule has 1 aliphatic rings. The molecule has 1 heterocycles. The van der Waals surface area contributed by atoms with Crippen molar-refractivity contribution in [2.75, 3.05) is 17.8 Å². The zero-order valence-electron chi connectivity index (χ0n) is 14.1. The molecule has 0 bridgehead atoms. The second-order valence-electron chi connectivity index (χ2n) is 6.40. The van der Waals surface area contributed by atoms with Crippen LogP contribution in [0.2, 0.25) is 10.0 Å². The van der Waals surface area contributed by atoms with E-state index in [-0.39, 0.29) is 20.8 Å². The Morgan fingerprint density at radius 3 is 2.46 bits per heavy atom. The minimum atomic E-state index is -3.88. The summed E-state index contributed by atoms with van der Waals surface area (Å²) in [7, 11) is -3.88. The maximum Gasteiger partial charge on any atom is 0.263 e. The number of likely N-dealkylation sites (tertiary alicyclic amines) is 1. The first-order valence-electron chi connectivity index (χ1n) is 8.13. The number of rotatable bonds is 4. The molecule has 1 fully saturated rings. The number of nitrogens with one attached hydrogen (secondary N) is 1. The summed E-state index contributed by atoms with van der Waals surface area (Å²) in [5.41, 5.74) is 0.871. The molecule has 0 saturated carbocycles. The molecule has 0 radical (unpaired) electrons. The molecule has 26 heavy (non-hydrogen) atoms. The maximum absolute atomic E-state index is 12.5. The molecule has 1 aliphatic heterocycles. The van der Waals surface area contributed by atoms with Crippen LogP contribution in [0.15, 0.2) is 47.4 Å². The molecule has 1 N–H and O–H groups in total. The van der Waals surface area contributed by atoms with Gasteiger partial charge < -0.3 is 4.90 Å². The third kappa shape index (κ3) is 4.14. The summed E-state index contributed by atoms with van der Waals surface area (Å²) in [6, 6.07) is 10.6. The molecule has 1 saturated heterocycles. The smallest absolute Gasteiger partial charge is 0.263 e. The molecule has 1 amide bonds. The van der Waals surface area contributed by atoms with Crippen molar-refractivity contribution in [3.05, 3.63) is 58.1 Å². The molecule has 1 atom stereocenters. The van der Waals surface area contributed by atoms with Crippen LogP contribution in [0.1, 0.15) is 23.7 Å². The van der Waals surface area contributed by atoms with Crippen molar-refractivity contribution in [2.45, 2.75) is 18.2 Å². The fraction of sp³-hybridized carbons (Fsp3) is 0.278. The van der Waals surface area contributed by atoms with E-state index >= 15 is 0 Å². The Bertz CT molecular complexity index is 930. The first-order chi connectivity index (χ1) is 12.3. The summed E-state index contributed by atoms with van der Waals surface area (Å²) in [5.74, 6) is 0.467. The van der Waals surface area contributed by atoms with Crippen LogP contribution in [-0.2, 0) is 10.0 Å². The summed E-state index contributed by atoms with van der Waals surface area (Å²) in [6.45, 7) is 3.62. The number of halogens is 2. The predicted molar refractivity (Wildman–Crippen MR) is 103 cm³/mol. The fourth-order valence-corrected chi connectivity index (χ4v) is 4.70. The molecule has 8 heteroatoms. The molecule has 5 nitrogen and oxygen atoms in total. The molecule has 0 aliphatic carbocycles. The lowest BCUT2D eigenvalue weighted by molar-refractivity contribution is 0.0788. The van der Waals surface area contributed by atoms with Gasteiger partial charge in [0.15, 0.2) is 0 Å². The van der Waals surface area contributed by atoms with Crippen LogP contribution in [0.25, 0.3) is 0 Å². The number of amides is 1. The highest BCUT2D eigenvalue weighted by atomic mass is 35.5. The van der Waals surface area contributed by atoms with E-state index < -0.39 is 10.0 Å². The molecule has 3 rings (SSSR count). The minimum Gasteiger partial charge on any atom is -0.338 e. The van der Waals surface area contributed by atoms with Gasteiger partial charge in [-0.1, -0.05) is 30.1 Å². The second-order valence-corrected chi connectivity index (χ2v) is 8.90. The summed E-state index contributed by atoms with van der Waals surface area (Å²) in [5, 5.41) is 0.354. The lowest BCUT2D eigenvalue weighted by atomic mass is 10.1. The number of hydrogen-bond acceptors (Lipinski definition) is 3. The molecule has 2 aromatic rings. The van der Waals surface area contributed by atoms with Crippen LogP contribution >= 0.6 is 23.2 Å². The van der Waals surface area contributed by atoms with Crippen molar-refractivity contribution in [1.82, 2.24) is 4.90 Å². The third-order valence-corrected chi connectivity index (χ3v) is 6.38. The highest BCUT2D eigenvalue weighted by molar-refractivity contribution is 7.92. The van der Waals surface area contributed by atoms with Crippen molar-refractivity contribution < 1.29 is 13.2 Å². The number of nitrogens with zero attached hydrogens (tertiary/aromatic N) is 1. The summed E-state index contributed by atoms with van der Waals surface area (Å²) in [4.78, 5) is 14.2. The van der Waals surface area contributed by atoms with Crippen LogP contribution in [0.3, 0.4) is 0 Å². The van der Waals surface area contributed by atoms with Crippen molar-refractivity contribution in [3.63, 3.8) is 0 Å². The van der Waals surface area contributed by atoms with Gasteiger partial charge in [0, 0.05) is 29.4 Å². The van der Waals surface area contributed by atoms with Crippen LogP contribution in [-0.4, -0.2) is 32.3 Å². The zero-order valence-corrected chi connectivity index (χ0v) is 16.4. The van der Waals surface area contributed by atoms with Crippen molar-refractivity contribution >= 4 is 44.8 Å². The van der Waals surface area contributed by atoms with E-state index in [1.54, 1.807) is 24.3 Å². The van der Waals surface area contributed by atoms with Crippen LogP contribution < -0.4 is 4.72 Å². The number of anilines is 1. The molecule has 2 aromatic carbocycles. The van der Waals surface area contributed by atoms with Gasteiger partial charge in [0.2, 0.25) is 0 Å². The quantitative estimate of drug-likeness (QED) is 0.814. The number of hydrogen-bond donors (Lipinski definition) is 1. The molecular weight excluding hydrogens is 395 g/mol. The maximum atomic E-state index is 12.5. The van der Waals surface area contributed by atoms with E-state index in [1.165, 1.54) is 18.2 Å². The normalized spacial score (nSPS) is 17.3. The monoisotopic (exact) mass is 412 g/mol. The summed E-state index contributed by atoms with van der Waals surface area (Å²) >= 11 is 11.8. The minimum absolute atomic E-state index is 0.0401. The lowest BCUT2D eigenvalue weighted by Gasteiger charge is -2.16. The Morgan fingerprint density at radius 1 is 1.15 bits per heavy atom. The van der Waals surface area contributed by atoms with Gasteiger partial charge >= 0.3 is 0 Å². The standard InChI is InChI=1S/C18H18Cl2N2O3S/c1-12-8-9-22(11-12)18(23)13-2-5-15(6-3-13)21-26(24,25)17-10-14(19)4-7-16(17)20/h2-7,10,12,21H,8-9,11H2,1H3. The number of carbonyl (C=O) groups excluding carboxylic acids is 1. The van der Waals surface area contributed by atoms with E-state index in [9.17, 15) is 13.2 Å². The Balaban J connectivity index is 1.76. The van der Waals surface area contributed by atoms with E-state index in [1.807, 2.05) is 4.90 Å². The van der Waals surface area contributed by atoms with E-state index in [0.717, 1.165) is 19.5 Å². The van der Waals surface area contributed by atoms with Crippen LogP contribution in [0.5, 0.6) is 0 Å². The number of benzene rings is 2. The highest BCUT2D eigenvalue weighted by Gasteiger charge is 2.24. The van der Waals surface area contributed by atoms with Crippen LogP contribution in [0.4, 0.5) is 5.69 Å². The topological polar surface area (TPSA) is 66.5 Å². The first kappa shape index (κ1) is 19.0. The summed E-state index contributed by atoms with van der Waals surface area (Å²) in [6.07, 6.45) is 1.00. The Labute approximate surface area is 163 Å². The SMILES string of the molecule is CC1CCN(C(=O)c2ccc(NS(=O)(=O)c3cc(Cl)ccc3Cl)cc2)C1. The van der Waals surface area contributed by atoms with Gasteiger partial charge in [-0.25, -0.2) is 8.42 Å². The van der Waals surface area contributed by atoms with Gasteiger partial charge in [0.25, 0.3) is 15.9 Å². The van der Waals surface area contributed by atoms with Gasteiger partial charge in [0.05, 0.1) is 5.02 Å².